The lowest BCUT2D eigenvalue weighted by atomic mass is 10.1. The average molecular weight is 449 g/mol. The lowest BCUT2D eigenvalue weighted by Gasteiger charge is -2.30. The van der Waals surface area contributed by atoms with Gasteiger partial charge in [-0.2, -0.15) is 5.10 Å². The third-order valence-corrected chi connectivity index (χ3v) is 7.42. The number of aromatic nitrogens is 2. The van der Waals surface area contributed by atoms with Crippen molar-refractivity contribution in [2.75, 3.05) is 38.2 Å². The van der Waals surface area contributed by atoms with Crippen molar-refractivity contribution in [3.05, 3.63) is 72.8 Å². The first-order valence-electron chi connectivity index (χ1n) is 10.5. The minimum absolute atomic E-state index is 0.0431. The molecule has 5 rings (SSSR count). The molecule has 164 valence electrons. The minimum atomic E-state index is -3.82. The molecule has 0 amide bonds. The van der Waals surface area contributed by atoms with E-state index in [2.05, 4.69) is 15.3 Å². The van der Waals surface area contributed by atoms with E-state index >= 15 is 0 Å². The van der Waals surface area contributed by atoms with Crippen LogP contribution >= 0.6 is 0 Å². The fraction of sp³-hybridized carbons (Fsp3) is 0.208. The third kappa shape index (κ3) is 3.51. The fourth-order valence-corrected chi connectivity index (χ4v) is 5.48. The van der Waals surface area contributed by atoms with Crippen molar-refractivity contribution in [1.82, 2.24) is 15.1 Å². The maximum absolute atomic E-state index is 13.6. The summed E-state index contributed by atoms with van der Waals surface area (Å²) in [6, 6.07) is 21.8. The van der Waals surface area contributed by atoms with Crippen molar-refractivity contribution < 1.29 is 13.2 Å². The van der Waals surface area contributed by atoms with Crippen LogP contribution in [0.15, 0.2) is 82.7 Å². The van der Waals surface area contributed by atoms with E-state index in [9.17, 15) is 8.42 Å². The number of fused-ring (bicyclic) bond motifs is 1. The van der Waals surface area contributed by atoms with Crippen LogP contribution in [0.4, 0.5) is 5.69 Å². The number of hydrogen-bond donors (Lipinski definition) is 1. The molecular weight excluding hydrogens is 424 g/mol. The van der Waals surface area contributed by atoms with Crippen molar-refractivity contribution in [2.45, 2.75) is 9.92 Å². The lowest BCUT2D eigenvalue weighted by molar-refractivity contribution is 0.413. The molecule has 7 nitrogen and oxygen atoms in total. The smallest absolute Gasteiger partial charge is 0.226 e. The zero-order valence-corrected chi connectivity index (χ0v) is 18.5. The van der Waals surface area contributed by atoms with Crippen LogP contribution in [0, 0.1) is 0 Å². The zero-order valence-electron chi connectivity index (χ0n) is 17.7. The van der Waals surface area contributed by atoms with Crippen LogP contribution in [0.2, 0.25) is 0 Å². The van der Waals surface area contributed by atoms with Gasteiger partial charge < -0.3 is 15.0 Å². The lowest BCUT2D eigenvalue weighted by Crippen LogP contribution is -2.43. The molecule has 32 heavy (non-hydrogen) atoms. The molecule has 1 fully saturated rings. The van der Waals surface area contributed by atoms with Gasteiger partial charge in [-0.3, -0.25) is 0 Å². The van der Waals surface area contributed by atoms with E-state index in [1.807, 2.05) is 42.5 Å². The Morgan fingerprint density at radius 1 is 0.938 bits per heavy atom. The fourth-order valence-electron chi connectivity index (χ4n) is 4.09. The van der Waals surface area contributed by atoms with Gasteiger partial charge in [0.25, 0.3) is 0 Å². The number of methoxy groups -OCH3 is 1. The highest BCUT2D eigenvalue weighted by Crippen LogP contribution is 2.38. The molecule has 0 saturated carbocycles. The number of nitrogens with one attached hydrogen (secondary N) is 1. The Morgan fingerprint density at radius 2 is 1.59 bits per heavy atom. The van der Waals surface area contributed by atoms with Gasteiger partial charge in [-0.25, -0.2) is 13.1 Å². The van der Waals surface area contributed by atoms with Gasteiger partial charge in [-0.15, -0.1) is 0 Å². The number of sulfone groups is 1. The summed E-state index contributed by atoms with van der Waals surface area (Å²) >= 11 is 0. The molecule has 2 heterocycles. The van der Waals surface area contributed by atoms with Gasteiger partial charge in [0.05, 0.1) is 28.9 Å². The highest BCUT2D eigenvalue weighted by molar-refractivity contribution is 7.91. The van der Waals surface area contributed by atoms with Crippen molar-refractivity contribution in [2.24, 2.45) is 0 Å². The molecule has 0 radical (unpaired) electrons. The van der Waals surface area contributed by atoms with E-state index in [-0.39, 0.29) is 9.92 Å². The SMILES string of the molecule is COc1cc2c(cc1N1CCNCC1)c(S(=O)(=O)c1ccccc1)nn2-c1ccccc1. The number of ether oxygens (including phenoxy) is 1. The molecular formula is C24H24N4O3S. The molecule has 0 spiro atoms. The van der Waals surface area contributed by atoms with E-state index < -0.39 is 9.84 Å². The Hall–Kier alpha value is -3.36. The summed E-state index contributed by atoms with van der Waals surface area (Å²) in [6.07, 6.45) is 0. The summed E-state index contributed by atoms with van der Waals surface area (Å²) < 4.78 is 34.6. The van der Waals surface area contributed by atoms with E-state index in [1.54, 1.807) is 42.1 Å². The molecule has 0 aliphatic carbocycles. The highest BCUT2D eigenvalue weighted by atomic mass is 32.2. The number of anilines is 1. The van der Waals surface area contributed by atoms with Gasteiger partial charge in [0, 0.05) is 37.6 Å². The zero-order chi connectivity index (χ0) is 22.1. The maximum atomic E-state index is 13.6. The Kier molecular flexibility index (Phi) is 5.32. The quantitative estimate of drug-likeness (QED) is 0.505. The van der Waals surface area contributed by atoms with E-state index in [1.165, 1.54) is 0 Å². The van der Waals surface area contributed by atoms with Crippen LogP contribution in [-0.2, 0) is 9.84 Å². The second-order valence-corrected chi connectivity index (χ2v) is 9.51. The number of rotatable bonds is 5. The van der Waals surface area contributed by atoms with Crippen molar-refractivity contribution in [1.29, 1.82) is 0 Å². The second kappa shape index (κ2) is 8.29. The molecule has 1 saturated heterocycles. The standard InChI is InChI=1S/C24H24N4O3S/c1-31-23-17-21-20(16-22(23)27-14-12-25-13-15-27)24(26-28(21)18-8-4-2-5-9-18)32(29,30)19-10-6-3-7-11-19/h2-11,16-17,25H,12-15H2,1H3. The van der Waals surface area contributed by atoms with Crippen molar-refractivity contribution in [3.8, 4) is 11.4 Å². The van der Waals surface area contributed by atoms with Crippen LogP contribution in [0.5, 0.6) is 5.75 Å². The van der Waals surface area contributed by atoms with Gasteiger partial charge in [0.1, 0.15) is 5.75 Å². The molecule has 8 heteroatoms. The van der Waals surface area contributed by atoms with Crippen molar-refractivity contribution in [3.63, 3.8) is 0 Å². The first-order valence-corrected chi connectivity index (χ1v) is 12.0. The molecule has 1 N–H and O–H groups in total. The van der Waals surface area contributed by atoms with Gasteiger partial charge >= 0.3 is 0 Å². The molecule has 4 aromatic rings. The summed E-state index contributed by atoms with van der Waals surface area (Å²) in [4.78, 5) is 2.44. The van der Waals surface area contributed by atoms with Crippen LogP contribution in [0.1, 0.15) is 0 Å². The predicted octanol–water partition coefficient (Wildman–Crippen LogP) is 3.28. The Bertz CT molecular complexity index is 1350. The molecule has 1 aliphatic rings. The van der Waals surface area contributed by atoms with Crippen LogP contribution in [-0.4, -0.2) is 51.5 Å². The summed E-state index contributed by atoms with van der Waals surface area (Å²) in [5, 5.41) is 8.58. The largest absolute Gasteiger partial charge is 0.495 e. The number of benzene rings is 3. The topological polar surface area (TPSA) is 76.5 Å². The predicted molar refractivity (Wildman–Crippen MR) is 125 cm³/mol. The number of hydrogen-bond acceptors (Lipinski definition) is 6. The van der Waals surface area contributed by atoms with Crippen LogP contribution in [0.25, 0.3) is 16.6 Å². The maximum Gasteiger partial charge on any atom is 0.226 e. The molecule has 3 aromatic carbocycles. The van der Waals surface area contributed by atoms with E-state index in [4.69, 9.17) is 4.74 Å². The molecule has 0 bridgehead atoms. The summed E-state index contributed by atoms with van der Waals surface area (Å²) in [5.74, 6) is 0.695. The molecule has 1 aromatic heterocycles. The average Bonchev–Trinajstić information content (AvgIpc) is 3.24. The molecule has 0 atom stereocenters. The number of nitrogens with zero attached hydrogens (tertiary/aromatic N) is 3. The second-order valence-electron chi connectivity index (χ2n) is 7.65. The Labute approximate surface area is 187 Å². The molecule has 1 aliphatic heterocycles. The Morgan fingerprint density at radius 3 is 2.25 bits per heavy atom. The van der Waals surface area contributed by atoms with Gasteiger partial charge in [0.2, 0.25) is 9.84 Å². The van der Waals surface area contributed by atoms with Gasteiger partial charge in [0.15, 0.2) is 5.03 Å². The summed E-state index contributed by atoms with van der Waals surface area (Å²) in [6.45, 7) is 3.35. The monoisotopic (exact) mass is 448 g/mol. The Balaban J connectivity index is 1.79. The first-order chi connectivity index (χ1) is 15.6. The van der Waals surface area contributed by atoms with E-state index in [0.29, 0.717) is 16.7 Å². The van der Waals surface area contributed by atoms with Crippen molar-refractivity contribution >= 4 is 26.4 Å². The third-order valence-electron chi connectivity index (χ3n) is 5.71. The summed E-state index contributed by atoms with van der Waals surface area (Å²) in [7, 11) is -2.19. The van der Waals surface area contributed by atoms with Crippen LogP contribution < -0.4 is 15.0 Å². The first kappa shape index (κ1) is 20.5. The van der Waals surface area contributed by atoms with E-state index in [0.717, 1.165) is 37.6 Å². The van der Waals surface area contributed by atoms with Gasteiger partial charge in [-0.1, -0.05) is 36.4 Å². The summed E-state index contributed by atoms with van der Waals surface area (Å²) in [5.41, 5.74) is 2.34. The van der Waals surface area contributed by atoms with Crippen LogP contribution in [0.3, 0.4) is 0 Å². The number of para-hydroxylation sites is 1. The highest BCUT2D eigenvalue weighted by Gasteiger charge is 2.28. The normalized spacial score (nSPS) is 14.6. The van der Waals surface area contributed by atoms with Gasteiger partial charge in [-0.05, 0) is 30.3 Å². The minimum Gasteiger partial charge on any atom is -0.495 e. The number of piperazine rings is 1. The molecule has 0 unspecified atom stereocenters.